The molecule has 1 saturated heterocycles. The van der Waals surface area contributed by atoms with Gasteiger partial charge in [0, 0.05) is 19.6 Å². The van der Waals surface area contributed by atoms with Gasteiger partial charge in [-0.1, -0.05) is 5.21 Å². The molecule has 2 unspecified atom stereocenters. The molecule has 2 heterocycles. The first-order valence-electron chi connectivity index (χ1n) is 4.39. The fourth-order valence-electron chi connectivity index (χ4n) is 1.61. The van der Waals surface area contributed by atoms with Gasteiger partial charge in [-0.3, -0.25) is 0 Å². The van der Waals surface area contributed by atoms with Gasteiger partial charge in [0.05, 0.1) is 18.5 Å². The number of ether oxygens (including phenoxy) is 1. The van der Waals surface area contributed by atoms with Crippen LogP contribution in [0.1, 0.15) is 18.2 Å². The van der Waals surface area contributed by atoms with Crippen LogP contribution in [0.4, 0.5) is 0 Å². The molecule has 0 amide bonds. The number of aromatic nitrogens is 3. The summed E-state index contributed by atoms with van der Waals surface area (Å²) in [6, 6.07) is 0. The Hall–Kier alpha value is -0.940. The van der Waals surface area contributed by atoms with Gasteiger partial charge in [0.1, 0.15) is 6.10 Å². The van der Waals surface area contributed by atoms with Crippen molar-refractivity contribution in [1.82, 2.24) is 15.0 Å². The molecule has 13 heavy (non-hydrogen) atoms. The monoisotopic (exact) mass is 183 g/mol. The minimum atomic E-state index is -0.498. The van der Waals surface area contributed by atoms with Crippen molar-refractivity contribution in [2.45, 2.75) is 12.5 Å². The second-order valence-electron chi connectivity index (χ2n) is 3.35. The molecule has 2 atom stereocenters. The lowest BCUT2D eigenvalue weighted by Crippen LogP contribution is -2.15. The van der Waals surface area contributed by atoms with E-state index in [1.807, 2.05) is 0 Å². The van der Waals surface area contributed by atoms with E-state index in [0.29, 0.717) is 6.61 Å². The summed E-state index contributed by atoms with van der Waals surface area (Å²) in [6.45, 7) is 1.37. The summed E-state index contributed by atoms with van der Waals surface area (Å²) in [6.07, 6.45) is 2.01. The van der Waals surface area contributed by atoms with Crippen LogP contribution in [0.15, 0.2) is 6.20 Å². The Morgan fingerprint density at radius 3 is 3.15 bits per heavy atom. The topological polar surface area (TPSA) is 60.2 Å². The summed E-state index contributed by atoms with van der Waals surface area (Å²) in [5.74, 6) is 0.192. The number of aryl methyl sites for hydroxylation is 1. The van der Waals surface area contributed by atoms with Crippen LogP contribution in [0.5, 0.6) is 0 Å². The Kier molecular flexibility index (Phi) is 2.28. The van der Waals surface area contributed by atoms with Crippen LogP contribution in [-0.4, -0.2) is 33.3 Å². The minimum absolute atomic E-state index is 0.192. The molecule has 0 aromatic carbocycles. The molecular formula is C8H13N3O2. The number of hydrogen-bond donors (Lipinski definition) is 1. The van der Waals surface area contributed by atoms with E-state index in [-0.39, 0.29) is 5.92 Å². The molecule has 1 aromatic rings. The standard InChI is InChI=1S/C8H13N3O2/c1-11-7(4-9-10-11)8(12)6-2-3-13-5-6/h4,6,8,12H,2-3,5H2,1H3. The van der Waals surface area contributed by atoms with E-state index in [9.17, 15) is 5.11 Å². The Balaban J connectivity index is 2.12. The first-order chi connectivity index (χ1) is 6.29. The lowest BCUT2D eigenvalue weighted by atomic mass is 10.00. The van der Waals surface area contributed by atoms with Gasteiger partial charge >= 0.3 is 0 Å². The average Bonchev–Trinajstić information content (AvgIpc) is 2.72. The third-order valence-electron chi connectivity index (χ3n) is 2.46. The summed E-state index contributed by atoms with van der Waals surface area (Å²) in [5.41, 5.74) is 0.760. The molecule has 1 N–H and O–H groups in total. The number of aliphatic hydroxyl groups is 1. The third-order valence-corrected chi connectivity index (χ3v) is 2.46. The first kappa shape index (κ1) is 8.65. The number of aliphatic hydroxyl groups excluding tert-OH is 1. The zero-order chi connectivity index (χ0) is 9.26. The number of nitrogens with zero attached hydrogens (tertiary/aromatic N) is 3. The molecule has 72 valence electrons. The largest absolute Gasteiger partial charge is 0.386 e. The van der Waals surface area contributed by atoms with Crippen LogP contribution >= 0.6 is 0 Å². The maximum Gasteiger partial charge on any atom is 0.102 e. The van der Waals surface area contributed by atoms with Crippen LogP contribution < -0.4 is 0 Å². The Bertz CT molecular complexity index is 281. The molecule has 0 bridgehead atoms. The van der Waals surface area contributed by atoms with Crippen molar-refractivity contribution in [3.05, 3.63) is 11.9 Å². The van der Waals surface area contributed by atoms with Crippen molar-refractivity contribution in [2.24, 2.45) is 13.0 Å². The van der Waals surface area contributed by atoms with Crippen molar-refractivity contribution < 1.29 is 9.84 Å². The van der Waals surface area contributed by atoms with E-state index >= 15 is 0 Å². The van der Waals surface area contributed by atoms with E-state index in [2.05, 4.69) is 10.3 Å². The molecule has 0 saturated carbocycles. The van der Waals surface area contributed by atoms with Gasteiger partial charge in [-0.25, -0.2) is 4.68 Å². The van der Waals surface area contributed by atoms with Gasteiger partial charge in [-0.05, 0) is 6.42 Å². The second kappa shape index (κ2) is 3.43. The molecule has 2 rings (SSSR count). The zero-order valence-electron chi connectivity index (χ0n) is 7.55. The summed E-state index contributed by atoms with van der Waals surface area (Å²) in [7, 11) is 1.78. The van der Waals surface area contributed by atoms with Gasteiger partial charge in [0.25, 0.3) is 0 Å². The van der Waals surface area contributed by atoms with Crippen LogP contribution in [0.25, 0.3) is 0 Å². The Labute approximate surface area is 76.3 Å². The molecule has 1 fully saturated rings. The van der Waals surface area contributed by atoms with Gasteiger partial charge in [-0.2, -0.15) is 0 Å². The maximum atomic E-state index is 9.91. The maximum absolute atomic E-state index is 9.91. The zero-order valence-corrected chi connectivity index (χ0v) is 7.55. The molecule has 1 aromatic heterocycles. The van der Waals surface area contributed by atoms with Gasteiger partial charge in [0.15, 0.2) is 0 Å². The van der Waals surface area contributed by atoms with Crippen molar-refractivity contribution in [3.8, 4) is 0 Å². The van der Waals surface area contributed by atoms with Gasteiger partial charge in [0.2, 0.25) is 0 Å². The normalized spacial score (nSPS) is 24.9. The second-order valence-corrected chi connectivity index (χ2v) is 3.35. The van der Waals surface area contributed by atoms with E-state index in [1.54, 1.807) is 17.9 Å². The lowest BCUT2D eigenvalue weighted by Gasteiger charge is -2.15. The summed E-state index contributed by atoms with van der Waals surface area (Å²) >= 11 is 0. The predicted molar refractivity (Wildman–Crippen MR) is 44.9 cm³/mol. The molecule has 0 aliphatic carbocycles. The van der Waals surface area contributed by atoms with Crippen molar-refractivity contribution in [1.29, 1.82) is 0 Å². The summed E-state index contributed by atoms with van der Waals surface area (Å²) in [4.78, 5) is 0. The summed E-state index contributed by atoms with van der Waals surface area (Å²) in [5, 5.41) is 17.4. The van der Waals surface area contributed by atoms with Crippen LogP contribution in [0.3, 0.4) is 0 Å². The highest BCUT2D eigenvalue weighted by Crippen LogP contribution is 2.27. The molecule has 0 radical (unpaired) electrons. The third kappa shape index (κ3) is 1.57. The molecule has 5 heteroatoms. The van der Waals surface area contributed by atoms with E-state index in [4.69, 9.17) is 4.74 Å². The quantitative estimate of drug-likeness (QED) is 0.694. The van der Waals surface area contributed by atoms with E-state index in [1.165, 1.54) is 0 Å². The number of rotatable bonds is 2. The van der Waals surface area contributed by atoms with Gasteiger partial charge < -0.3 is 9.84 Å². The Morgan fingerprint density at radius 1 is 1.77 bits per heavy atom. The van der Waals surface area contributed by atoms with Crippen molar-refractivity contribution in [3.63, 3.8) is 0 Å². The predicted octanol–water partition coefficient (Wildman–Crippen LogP) is -0.115. The highest BCUT2D eigenvalue weighted by Gasteiger charge is 2.27. The molecule has 1 aliphatic rings. The molecule has 5 nitrogen and oxygen atoms in total. The fourth-order valence-corrected chi connectivity index (χ4v) is 1.61. The smallest absolute Gasteiger partial charge is 0.102 e. The van der Waals surface area contributed by atoms with Crippen LogP contribution in [-0.2, 0) is 11.8 Å². The average molecular weight is 183 g/mol. The number of hydrogen-bond acceptors (Lipinski definition) is 4. The van der Waals surface area contributed by atoms with Gasteiger partial charge in [-0.15, -0.1) is 5.10 Å². The lowest BCUT2D eigenvalue weighted by molar-refractivity contribution is 0.0854. The van der Waals surface area contributed by atoms with Crippen LogP contribution in [0.2, 0.25) is 0 Å². The molecular weight excluding hydrogens is 170 g/mol. The molecule has 1 aliphatic heterocycles. The van der Waals surface area contributed by atoms with Crippen molar-refractivity contribution >= 4 is 0 Å². The highest BCUT2D eigenvalue weighted by molar-refractivity contribution is 5.00. The fraction of sp³-hybridized carbons (Fsp3) is 0.750. The SMILES string of the molecule is Cn1nncc1C(O)C1CCOC1. The van der Waals surface area contributed by atoms with Crippen LogP contribution in [0, 0.1) is 5.92 Å². The van der Waals surface area contributed by atoms with E-state index in [0.717, 1.165) is 18.7 Å². The Morgan fingerprint density at radius 2 is 2.62 bits per heavy atom. The summed E-state index contributed by atoms with van der Waals surface area (Å²) < 4.78 is 6.81. The minimum Gasteiger partial charge on any atom is -0.386 e. The highest BCUT2D eigenvalue weighted by atomic mass is 16.5. The van der Waals surface area contributed by atoms with E-state index < -0.39 is 6.10 Å². The first-order valence-corrected chi connectivity index (χ1v) is 4.39. The molecule has 0 spiro atoms. The van der Waals surface area contributed by atoms with Crippen molar-refractivity contribution in [2.75, 3.05) is 13.2 Å².